The second-order valence-electron chi connectivity index (χ2n) is 7.56. The molecule has 1 aliphatic rings. The van der Waals surface area contributed by atoms with Crippen LogP contribution in [0.5, 0.6) is 5.75 Å². The first kappa shape index (κ1) is 21.6. The Hall–Kier alpha value is -3.12. The van der Waals surface area contributed by atoms with E-state index in [2.05, 4.69) is 17.3 Å². The maximum atomic E-state index is 13.1. The number of hydrogen-bond acceptors (Lipinski definition) is 4. The number of ether oxygens (including phenoxy) is 1. The fourth-order valence-electron chi connectivity index (χ4n) is 3.60. The summed E-state index contributed by atoms with van der Waals surface area (Å²) in [5, 5.41) is 2.80. The Labute approximate surface area is 178 Å². The molecule has 0 unspecified atom stereocenters. The van der Waals surface area contributed by atoms with E-state index in [4.69, 9.17) is 4.74 Å². The average Bonchev–Trinajstić information content (AvgIpc) is 2.78. The van der Waals surface area contributed by atoms with Gasteiger partial charge in [0.2, 0.25) is 11.8 Å². The Morgan fingerprint density at radius 2 is 1.80 bits per heavy atom. The minimum absolute atomic E-state index is 0.0216. The Morgan fingerprint density at radius 1 is 1.10 bits per heavy atom. The molecule has 2 aromatic rings. The lowest BCUT2D eigenvalue weighted by molar-refractivity contribution is -0.139. The van der Waals surface area contributed by atoms with E-state index in [9.17, 15) is 9.59 Å². The molecule has 0 aliphatic carbocycles. The maximum absolute atomic E-state index is 13.1. The van der Waals surface area contributed by atoms with Crippen molar-refractivity contribution in [2.45, 2.75) is 19.0 Å². The van der Waals surface area contributed by atoms with Crippen LogP contribution in [0, 0.1) is 0 Å². The van der Waals surface area contributed by atoms with Crippen molar-refractivity contribution >= 4 is 17.9 Å². The topological polar surface area (TPSA) is 61.9 Å². The zero-order chi connectivity index (χ0) is 21.5. The van der Waals surface area contributed by atoms with Gasteiger partial charge in [-0.15, -0.1) is 0 Å². The highest BCUT2D eigenvalue weighted by Crippen LogP contribution is 2.25. The molecule has 1 aliphatic heterocycles. The van der Waals surface area contributed by atoms with Gasteiger partial charge >= 0.3 is 0 Å². The smallest absolute Gasteiger partial charge is 0.245 e. The molecule has 6 heteroatoms. The SMILES string of the molecule is COc1ccc(/C=C/C(=O)N[C@H](C)C(=O)N2CCN(C)C[C@H]2c2ccccc2)cc1. The van der Waals surface area contributed by atoms with E-state index in [1.54, 1.807) is 20.1 Å². The molecule has 0 saturated carbocycles. The highest BCUT2D eigenvalue weighted by Gasteiger charge is 2.32. The molecule has 0 bridgehead atoms. The lowest BCUT2D eigenvalue weighted by atomic mass is 10.0. The molecule has 30 heavy (non-hydrogen) atoms. The standard InChI is InChI=1S/C24H29N3O3/c1-18(25-23(28)14-11-19-9-12-21(30-3)13-10-19)24(29)27-16-15-26(2)17-22(27)20-7-5-4-6-8-20/h4-14,18,22H,15-17H2,1-3H3,(H,25,28)/b14-11+/t18-,22+/m1/s1. The molecule has 2 amide bonds. The first-order valence-electron chi connectivity index (χ1n) is 10.1. The van der Waals surface area contributed by atoms with E-state index in [1.165, 1.54) is 6.08 Å². The lowest BCUT2D eigenvalue weighted by Gasteiger charge is -2.41. The largest absolute Gasteiger partial charge is 0.497 e. The van der Waals surface area contributed by atoms with Crippen LogP contribution in [0.4, 0.5) is 0 Å². The molecule has 1 fully saturated rings. The number of carbonyl (C=O) groups excluding carboxylic acids is 2. The van der Waals surface area contributed by atoms with Gasteiger partial charge in [0.1, 0.15) is 11.8 Å². The molecule has 3 rings (SSSR count). The van der Waals surface area contributed by atoms with Gasteiger partial charge in [0.25, 0.3) is 0 Å². The van der Waals surface area contributed by atoms with Gasteiger partial charge in [-0.1, -0.05) is 42.5 Å². The van der Waals surface area contributed by atoms with Crippen molar-refractivity contribution in [3.05, 3.63) is 71.8 Å². The van der Waals surface area contributed by atoms with E-state index < -0.39 is 6.04 Å². The van der Waals surface area contributed by atoms with Crippen LogP contribution in [0.1, 0.15) is 24.1 Å². The number of carbonyl (C=O) groups is 2. The van der Waals surface area contributed by atoms with E-state index >= 15 is 0 Å². The molecule has 1 N–H and O–H groups in total. The quantitative estimate of drug-likeness (QED) is 0.748. The summed E-state index contributed by atoms with van der Waals surface area (Å²) in [5.41, 5.74) is 1.99. The average molecular weight is 408 g/mol. The predicted molar refractivity (Wildman–Crippen MR) is 118 cm³/mol. The van der Waals surface area contributed by atoms with Crippen LogP contribution >= 0.6 is 0 Å². The number of methoxy groups -OCH3 is 1. The Morgan fingerprint density at radius 3 is 2.47 bits per heavy atom. The normalized spacial score (nSPS) is 18.2. The molecule has 158 valence electrons. The third-order valence-corrected chi connectivity index (χ3v) is 5.32. The van der Waals surface area contributed by atoms with Crippen LogP contribution in [0.2, 0.25) is 0 Å². The minimum Gasteiger partial charge on any atom is -0.497 e. The van der Waals surface area contributed by atoms with Crippen LogP contribution in [0.15, 0.2) is 60.7 Å². The minimum atomic E-state index is -0.604. The summed E-state index contributed by atoms with van der Waals surface area (Å²) in [6.45, 7) is 3.96. The second-order valence-corrected chi connectivity index (χ2v) is 7.56. The van der Waals surface area contributed by atoms with Crippen LogP contribution in [0.3, 0.4) is 0 Å². The Balaban J connectivity index is 1.63. The summed E-state index contributed by atoms with van der Waals surface area (Å²) in [6.07, 6.45) is 3.17. The number of benzene rings is 2. The zero-order valence-electron chi connectivity index (χ0n) is 17.7. The number of nitrogens with one attached hydrogen (secondary N) is 1. The highest BCUT2D eigenvalue weighted by atomic mass is 16.5. The van der Waals surface area contributed by atoms with Crippen LogP contribution in [0.25, 0.3) is 6.08 Å². The fourth-order valence-corrected chi connectivity index (χ4v) is 3.60. The van der Waals surface area contributed by atoms with E-state index in [-0.39, 0.29) is 17.9 Å². The summed E-state index contributed by atoms with van der Waals surface area (Å²) in [5.74, 6) is 0.399. The van der Waals surface area contributed by atoms with Crippen molar-refractivity contribution in [2.24, 2.45) is 0 Å². The summed E-state index contributed by atoms with van der Waals surface area (Å²) in [6, 6.07) is 16.8. The van der Waals surface area contributed by atoms with E-state index in [0.29, 0.717) is 6.54 Å². The lowest BCUT2D eigenvalue weighted by Crippen LogP contribution is -2.54. The van der Waals surface area contributed by atoms with Crippen molar-refractivity contribution in [3.63, 3.8) is 0 Å². The van der Waals surface area contributed by atoms with Gasteiger partial charge in [0.15, 0.2) is 0 Å². The Bertz CT molecular complexity index is 880. The summed E-state index contributed by atoms with van der Waals surface area (Å²) in [4.78, 5) is 29.6. The van der Waals surface area contributed by atoms with Gasteiger partial charge in [-0.05, 0) is 43.3 Å². The molecule has 2 aromatic carbocycles. The molecule has 6 nitrogen and oxygen atoms in total. The third kappa shape index (κ3) is 5.48. The van der Waals surface area contributed by atoms with Gasteiger partial charge < -0.3 is 19.9 Å². The van der Waals surface area contributed by atoms with Crippen molar-refractivity contribution in [1.82, 2.24) is 15.1 Å². The van der Waals surface area contributed by atoms with Crippen molar-refractivity contribution in [1.29, 1.82) is 0 Å². The Kier molecular flexibility index (Phi) is 7.25. The second kappa shape index (κ2) is 10.1. The number of rotatable bonds is 6. The van der Waals surface area contributed by atoms with Crippen LogP contribution in [-0.4, -0.2) is 61.4 Å². The van der Waals surface area contributed by atoms with Gasteiger partial charge in [-0.25, -0.2) is 0 Å². The van der Waals surface area contributed by atoms with Crippen molar-refractivity contribution < 1.29 is 14.3 Å². The van der Waals surface area contributed by atoms with Crippen molar-refractivity contribution in [3.8, 4) is 5.75 Å². The first-order chi connectivity index (χ1) is 14.5. The molecule has 0 radical (unpaired) electrons. The number of likely N-dealkylation sites (N-methyl/N-ethyl adjacent to an activating group) is 1. The number of hydrogen-bond donors (Lipinski definition) is 1. The summed E-state index contributed by atoms with van der Waals surface area (Å²) in [7, 11) is 3.67. The molecule has 1 heterocycles. The first-order valence-corrected chi connectivity index (χ1v) is 10.1. The van der Waals surface area contributed by atoms with Gasteiger partial charge in [0, 0.05) is 25.7 Å². The number of nitrogens with zero attached hydrogens (tertiary/aromatic N) is 2. The van der Waals surface area contributed by atoms with Crippen molar-refractivity contribution in [2.75, 3.05) is 33.8 Å². The monoisotopic (exact) mass is 407 g/mol. The third-order valence-electron chi connectivity index (χ3n) is 5.32. The molecule has 1 saturated heterocycles. The van der Waals surface area contributed by atoms with Gasteiger partial charge in [-0.2, -0.15) is 0 Å². The summed E-state index contributed by atoms with van der Waals surface area (Å²) >= 11 is 0. The van der Waals surface area contributed by atoms with Gasteiger partial charge in [0.05, 0.1) is 13.2 Å². The predicted octanol–water partition coefficient (Wildman–Crippen LogP) is 2.73. The highest BCUT2D eigenvalue weighted by molar-refractivity contribution is 5.95. The molecule has 0 aromatic heterocycles. The fraction of sp³-hybridized carbons (Fsp3) is 0.333. The number of amides is 2. The van der Waals surface area contributed by atoms with Crippen LogP contribution < -0.4 is 10.1 Å². The molecular formula is C24H29N3O3. The van der Waals surface area contributed by atoms with Gasteiger partial charge in [-0.3, -0.25) is 9.59 Å². The molecule has 2 atom stereocenters. The summed E-state index contributed by atoms with van der Waals surface area (Å²) < 4.78 is 5.13. The maximum Gasteiger partial charge on any atom is 0.245 e. The molecule has 0 spiro atoms. The molecular weight excluding hydrogens is 378 g/mol. The number of piperazine rings is 1. The van der Waals surface area contributed by atoms with E-state index in [1.807, 2.05) is 59.5 Å². The zero-order valence-corrected chi connectivity index (χ0v) is 17.7. The van der Waals surface area contributed by atoms with E-state index in [0.717, 1.165) is 30.0 Å². The van der Waals surface area contributed by atoms with Crippen LogP contribution in [-0.2, 0) is 9.59 Å².